The summed E-state index contributed by atoms with van der Waals surface area (Å²) in [6.45, 7) is 7.02. The molecule has 0 saturated heterocycles. The summed E-state index contributed by atoms with van der Waals surface area (Å²) in [6.07, 6.45) is 0. The van der Waals surface area contributed by atoms with Gasteiger partial charge in [-0.2, -0.15) is 8.42 Å². The van der Waals surface area contributed by atoms with Crippen LogP contribution in [0.4, 0.5) is 0 Å². The molecule has 0 saturated carbocycles. The molecular formula is C16H18O4S. The summed E-state index contributed by atoms with van der Waals surface area (Å²) in [4.78, 5) is 0.0898. The van der Waals surface area contributed by atoms with E-state index in [0.29, 0.717) is 16.7 Å². The highest BCUT2D eigenvalue weighted by molar-refractivity contribution is 7.87. The van der Waals surface area contributed by atoms with Crippen molar-refractivity contribution in [2.75, 3.05) is 0 Å². The monoisotopic (exact) mass is 306 g/mol. The Labute approximate surface area is 125 Å². The number of aryl methyl sites for hydroxylation is 3. The lowest BCUT2D eigenvalue weighted by Gasteiger charge is -2.14. The highest BCUT2D eigenvalue weighted by Crippen LogP contribution is 2.35. The normalized spacial score (nSPS) is 11.4. The number of benzene rings is 2. The first-order valence-electron chi connectivity index (χ1n) is 6.53. The maximum absolute atomic E-state index is 12.3. The highest BCUT2D eigenvalue weighted by Gasteiger charge is 2.21. The molecule has 0 aliphatic heterocycles. The molecule has 0 amide bonds. The first-order chi connectivity index (χ1) is 9.72. The highest BCUT2D eigenvalue weighted by atomic mass is 32.2. The van der Waals surface area contributed by atoms with E-state index in [1.54, 1.807) is 39.0 Å². The van der Waals surface area contributed by atoms with E-state index >= 15 is 0 Å². The zero-order valence-electron chi connectivity index (χ0n) is 12.5. The molecule has 0 spiro atoms. The second kappa shape index (κ2) is 5.41. The molecule has 2 aromatic carbocycles. The van der Waals surface area contributed by atoms with E-state index in [4.69, 9.17) is 4.18 Å². The second-order valence-corrected chi connectivity index (χ2v) is 6.71. The molecule has 2 rings (SSSR count). The standard InChI is InChI=1S/C16H18O4S/c1-10-5-7-14(8-6-10)21(18,19)20-16-12(3)9-11(2)15(17)13(16)4/h5-9,17H,1-4H3. The minimum atomic E-state index is -3.92. The predicted molar refractivity (Wildman–Crippen MR) is 81.3 cm³/mol. The first-order valence-corrected chi connectivity index (χ1v) is 7.94. The number of hydrogen-bond donors (Lipinski definition) is 1. The zero-order valence-corrected chi connectivity index (χ0v) is 13.3. The number of aromatic hydroxyl groups is 1. The van der Waals surface area contributed by atoms with Crippen LogP contribution in [-0.4, -0.2) is 13.5 Å². The van der Waals surface area contributed by atoms with Crippen molar-refractivity contribution in [2.24, 2.45) is 0 Å². The third-order valence-corrected chi connectivity index (χ3v) is 4.60. The van der Waals surface area contributed by atoms with Gasteiger partial charge in [0.1, 0.15) is 10.6 Å². The molecule has 0 aliphatic carbocycles. The van der Waals surface area contributed by atoms with Gasteiger partial charge in [-0.1, -0.05) is 17.7 Å². The first kappa shape index (κ1) is 15.4. The Balaban J connectivity index is 2.47. The quantitative estimate of drug-likeness (QED) is 0.883. The van der Waals surface area contributed by atoms with Crippen molar-refractivity contribution in [2.45, 2.75) is 32.6 Å². The lowest BCUT2D eigenvalue weighted by Crippen LogP contribution is -2.11. The van der Waals surface area contributed by atoms with Gasteiger partial charge in [-0.15, -0.1) is 0 Å². The van der Waals surface area contributed by atoms with E-state index in [2.05, 4.69) is 0 Å². The molecule has 1 N–H and O–H groups in total. The van der Waals surface area contributed by atoms with Crippen LogP contribution in [0, 0.1) is 27.7 Å². The summed E-state index contributed by atoms with van der Waals surface area (Å²) in [5.74, 6) is 0.230. The Morgan fingerprint density at radius 3 is 2.10 bits per heavy atom. The van der Waals surface area contributed by atoms with Crippen molar-refractivity contribution in [3.8, 4) is 11.5 Å². The molecule has 2 aromatic rings. The number of hydrogen-bond acceptors (Lipinski definition) is 4. The Bertz CT molecular complexity index is 775. The molecule has 0 heterocycles. The fourth-order valence-corrected chi connectivity index (χ4v) is 3.19. The van der Waals surface area contributed by atoms with Crippen LogP contribution in [0.1, 0.15) is 22.3 Å². The molecule has 0 radical (unpaired) electrons. The summed E-state index contributed by atoms with van der Waals surface area (Å²) in [5, 5.41) is 9.94. The lowest BCUT2D eigenvalue weighted by molar-refractivity contribution is 0.453. The molecule has 0 fully saturated rings. The Morgan fingerprint density at radius 2 is 1.52 bits per heavy atom. The third kappa shape index (κ3) is 3.03. The summed E-state index contributed by atoms with van der Waals surface area (Å²) in [7, 11) is -3.92. The molecule has 0 aliphatic rings. The van der Waals surface area contributed by atoms with Crippen LogP contribution in [-0.2, 0) is 10.1 Å². The fourth-order valence-electron chi connectivity index (χ4n) is 2.15. The number of phenolic OH excluding ortho intramolecular Hbond substituents is 1. The van der Waals surface area contributed by atoms with E-state index in [1.807, 2.05) is 6.92 Å². The van der Waals surface area contributed by atoms with Gasteiger partial charge in [-0.3, -0.25) is 0 Å². The smallest absolute Gasteiger partial charge is 0.339 e. The molecule has 0 bridgehead atoms. The van der Waals surface area contributed by atoms with Gasteiger partial charge in [0.25, 0.3) is 0 Å². The molecule has 112 valence electrons. The fraction of sp³-hybridized carbons (Fsp3) is 0.250. The van der Waals surface area contributed by atoms with E-state index in [0.717, 1.165) is 5.56 Å². The number of rotatable bonds is 3. The van der Waals surface area contributed by atoms with Crippen LogP contribution in [0.5, 0.6) is 11.5 Å². The summed E-state index contributed by atoms with van der Waals surface area (Å²) >= 11 is 0. The SMILES string of the molecule is Cc1ccc(S(=O)(=O)Oc2c(C)cc(C)c(O)c2C)cc1. The Morgan fingerprint density at radius 1 is 0.952 bits per heavy atom. The van der Waals surface area contributed by atoms with Crippen LogP contribution in [0.25, 0.3) is 0 Å². The average Bonchev–Trinajstić information content (AvgIpc) is 2.42. The third-order valence-electron chi connectivity index (χ3n) is 3.36. The predicted octanol–water partition coefficient (Wildman–Crippen LogP) is 3.39. The van der Waals surface area contributed by atoms with Crippen LogP contribution in [0.3, 0.4) is 0 Å². The van der Waals surface area contributed by atoms with E-state index in [-0.39, 0.29) is 16.4 Å². The van der Waals surface area contributed by atoms with Crippen LogP contribution in [0.15, 0.2) is 35.2 Å². The molecule has 21 heavy (non-hydrogen) atoms. The van der Waals surface area contributed by atoms with Gasteiger partial charge in [0, 0.05) is 5.56 Å². The largest absolute Gasteiger partial charge is 0.507 e. The average molecular weight is 306 g/mol. The second-order valence-electron chi connectivity index (χ2n) is 5.16. The van der Waals surface area contributed by atoms with Crippen molar-refractivity contribution in [3.05, 3.63) is 52.6 Å². The molecule has 0 aromatic heterocycles. The lowest BCUT2D eigenvalue weighted by atomic mass is 10.1. The van der Waals surface area contributed by atoms with E-state index < -0.39 is 10.1 Å². The van der Waals surface area contributed by atoms with Gasteiger partial charge in [-0.25, -0.2) is 0 Å². The van der Waals surface area contributed by atoms with Gasteiger partial charge < -0.3 is 9.29 Å². The van der Waals surface area contributed by atoms with Gasteiger partial charge >= 0.3 is 10.1 Å². The molecule has 4 nitrogen and oxygen atoms in total. The minimum Gasteiger partial charge on any atom is -0.507 e. The maximum atomic E-state index is 12.3. The van der Waals surface area contributed by atoms with Crippen LogP contribution in [0.2, 0.25) is 0 Å². The summed E-state index contributed by atoms with van der Waals surface area (Å²) in [5.41, 5.74) is 2.74. The summed E-state index contributed by atoms with van der Waals surface area (Å²) in [6, 6.07) is 8.13. The van der Waals surface area contributed by atoms with E-state index in [1.165, 1.54) is 12.1 Å². The van der Waals surface area contributed by atoms with Gasteiger partial charge in [0.05, 0.1) is 0 Å². The van der Waals surface area contributed by atoms with Crippen molar-refractivity contribution in [1.29, 1.82) is 0 Å². The molecule has 0 unspecified atom stereocenters. The number of phenols is 1. The Hall–Kier alpha value is -2.01. The zero-order chi connectivity index (χ0) is 15.8. The van der Waals surface area contributed by atoms with Crippen LogP contribution >= 0.6 is 0 Å². The van der Waals surface area contributed by atoms with Crippen molar-refractivity contribution in [3.63, 3.8) is 0 Å². The van der Waals surface area contributed by atoms with Crippen molar-refractivity contribution < 1.29 is 17.7 Å². The van der Waals surface area contributed by atoms with Crippen molar-refractivity contribution in [1.82, 2.24) is 0 Å². The summed E-state index contributed by atoms with van der Waals surface area (Å²) < 4.78 is 29.9. The molecular weight excluding hydrogens is 288 g/mol. The minimum absolute atomic E-state index is 0.0507. The Kier molecular flexibility index (Phi) is 3.96. The van der Waals surface area contributed by atoms with Gasteiger partial charge in [-0.05, 0) is 57.0 Å². The van der Waals surface area contributed by atoms with E-state index in [9.17, 15) is 13.5 Å². The van der Waals surface area contributed by atoms with Gasteiger partial charge in [0.2, 0.25) is 0 Å². The van der Waals surface area contributed by atoms with Gasteiger partial charge in [0.15, 0.2) is 5.75 Å². The topological polar surface area (TPSA) is 63.6 Å². The van der Waals surface area contributed by atoms with Crippen LogP contribution < -0.4 is 4.18 Å². The molecule has 5 heteroatoms. The maximum Gasteiger partial charge on any atom is 0.339 e. The van der Waals surface area contributed by atoms with Crippen molar-refractivity contribution >= 4 is 10.1 Å². The molecule has 0 atom stereocenters.